The monoisotopic (exact) mass is 1400 g/mol. The molecule has 0 aromatic carbocycles. The quantitative estimate of drug-likeness (QED) is 0.0222. The smallest absolute Gasteiger partial charge is 0.462 e. The van der Waals surface area contributed by atoms with Crippen molar-refractivity contribution in [2.75, 3.05) is 39.6 Å². The van der Waals surface area contributed by atoms with Crippen molar-refractivity contribution >= 4 is 39.5 Å². The zero-order chi connectivity index (χ0) is 70.0. The van der Waals surface area contributed by atoms with E-state index < -0.39 is 97.5 Å². The van der Waals surface area contributed by atoms with E-state index in [1.807, 2.05) is 0 Å². The highest BCUT2D eigenvalue weighted by molar-refractivity contribution is 7.47. The first-order chi connectivity index (χ1) is 45.9. The van der Waals surface area contributed by atoms with Gasteiger partial charge in [0.1, 0.15) is 19.3 Å². The van der Waals surface area contributed by atoms with Crippen LogP contribution in [-0.2, 0) is 65.4 Å². The van der Waals surface area contributed by atoms with E-state index in [1.54, 1.807) is 0 Å². The minimum Gasteiger partial charge on any atom is -0.462 e. The van der Waals surface area contributed by atoms with E-state index in [0.29, 0.717) is 25.7 Å². The molecule has 0 rings (SSSR count). The topological polar surface area (TPSA) is 237 Å². The highest BCUT2D eigenvalue weighted by Gasteiger charge is 2.30. The fourth-order valence-corrected chi connectivity index (χ4v) is 13.2. The lowest BCUT2D eigenvalue weighted by Gasteiger charge is -2.21. The highest BCUT2D eigenvalue weighted by atomic mass is 31.2. The van der Waals surface area contributed by atoms with Crippen LogP contribution in [-0.4, -0.2) is 96.7 Å². The van der Waals surface area contributed by atoms with Crippen molar-refractivity contribution < 1.29 is 80.2 Å². The van der Waals surface area contributed by atoms with Gasteiger partial charge in [0.2, 0.25) is 0 Å². The second kappa shape index (κ2) is 67.9. The van der Waals surface area contributed by atoms with Crippen molar-refractivity contribution in [1.29, 1.82) is 0 Å². The Bertz CT molecular complexity index is 1840. The predicted octanol–water partition coefficient (Wildman–Crippen LogP) is 22.3. The molecule has 0 spiro atoms. The van der Waals surface area contributed by atoms with Crippen LogP contribution in [0.1, 0.15) is 395 Å². The van der Waals surface area contributed by atoms with Crippen molar-refractivity contribution in [2.24, 2.45) is 11.8 Å². The lowest BCUT2D eigenvalue weighted by Crippen LogP contribution is -2.30. The Morgan fingerprint density at radius 3 is 0.800 bits per heavy atom. The summed E-state index contributed by atoms with van der Waals surface area (Å²) in [5.74, 6) is -0.440. The van der Waals surface area contributed by atoms with Crippen molar-refractivity contribution in [2.45, 2.75) is 413 Å². The zero-order valence-corrected chi connectivity index (χ0v) is 63.8. The summed E-state index contributed by atoms with van der Waals surface area (Å²) in [4.78, 5) is 72.3. The average Bonchev–Trinajstić information content (AvgIpc) is 2.37. The van der Waals surface area contributed by atoms with E-state index in [0.717, 1.165) is 121 Å². The predicted molar refractivity (Wildman–Crippen MR) is 386 cm³/mol. The summed E-state index contributed by atoms with van der Waals surface area (Å²) in [5.41, 5.74) is 0. The molecular weight excluding hydrogens is 1250 g/mol. The molecule has 19 heteroatoms. The summed E-state index contributed by atoms with van der Waals surface area (Å²) in [5, 5.41) is 10.6. The van der Waals surface area contributed by atoms with Crippen molar-refractivity contribution in [3.63, 3.8) is 0 Å². The number of esters is 4. The van der Waals surface area contributed by atoms with Crippen LogP contribution in [0, 0.1) is 11.8 Å². The fraction of sp³-hybridized carbons (Fsp3) is 0.947. The Hall–Kier alpha value is -1.94. The molecule has 0 radical (unpaired) electrons. The number of phosphoric ester groups is 2. The van der Waals surface area contributed by atoms with Crippen LogP contribution >= 0.6 is 15.6 Å². The van der Waals surface area contributed by atoms with Gasteiger partial charge in [-0.1, -0.05) is 343 Å². The van der Waals surface area contributed by atoms with Crippen LogP contribution in [0.4, 0.5) is 0 Å². The lowest BCUT2D eigenvalue weighted by molar-refractivity contribution is -0.161. The molecule has 0 fully saturated rings. The summed E-state index contributed by atoms with van der Waals surface area (Å²) < 4.78 is 68.1. The molecule has 3 N–H and O–H groups in total. The second-order valence-corrected chi connectivity index (χ2v) is 31.0. The van der Waals surface area contributed by atoms with E-state index >= 15 is 0 Å². The van der Waals surface area contributed by atoms with E-state index in [-0.39, 0.29) is 25.7 Å². The third kappa shape index (κ3) is 69.0. The first kappa shape index (κ1) is 93.1. The molecule has 0 saturated heterocycles. The lowest BCUT2D eigenvalue weighted by atomic mass is 9.99. The zero-order valence-electron chi connectivity index (χ0n) is 62.0. The minimum atomic E-state index is -4.95. The van der Waals surface area contributed by atoms with Crippen molar-refractivity contribution in [3.8, 4) is 0 Å². The molecule has 0 aliphatic carbocycles. The van der Waals surface area contributed by atoms with Crippen LogP contribution in [0.5, 0.6) is 0 Å². The number of carbonyl (C=O) groups is 4. The van der Waals surface area contributed by atoms with Gasteiger partial charge in [-0.05, 0) is 37.5 Å². The molecule has 0 saturated carbocycles. The molecule has 564 valence electrons. The average molecular weight is 1400 g/mol. The van der Waals surface area contributed by atoms with Gasteiger partial charge in [0.05, 0.1) is 26.4 Å². The van der Waals surface area contributed by atoms with Gasteiger partial charge in [0.25, 0.3) is 0 Å². The van der Waals surface area contributed by atoms with Gasteiger partial charge in [-0.2, -0.15) is 0 Å². The molecular formula is C76H148O17P2. The Kier molecular flexibility index (Phi) is 66.5. The molecule has 0 heterocycles. The number of unbranched alkanes of at least 4 members (excludes halogenated alkanes) is 44. The molecule has 3 unspecified atom stereocenters. The molecule has 0 bridgehead atoms. The minimum absolute atomic E-state index is 0.103. The van der Waals surface area contributed by atoms with E-state index in [2.05, 4.69) is 41.5 Å². The van der Waals surface area contributed by atoms with Crippen LogP contribution in [0.3, 0.4) is 0 Å². The summed E-state index contributed by atoms with van der Waals surface area (Å²) in [6, 6.07) is 0. The van der Waals surface area contributed by atoms with Crippen LogP contribution in [0.25, 0.3) is 0 Å². The highest BCUT2D eigenvalue weighted by Crippen LogP contribution is 2.45. The Morgan fingerprint density at radius 2 is 0.537 bits per heavy atom. The number of aliphatic hydroxyl groups is 1. The molecule has 0 aromatic heterocycles. The summed E-state index contributed by atoms with van der Waals surface area (Å²) >= 11 is 0. The van der Waals surface area contributed by atoms with E-state index in [9.17, 15) is 43.2 Å². The van der Waals surface area contributed by atoms with Gasteiger partial charge >= 0.3 is 39.5 Å². The van der Waals surface area contributed by atoms with Gasteiger partial charge in [-0.25, -0.2) is 9.13 Å². The second-order valence-electron chi connectivity index (χ2n) is 28.1. The third-order valence-corrected chi connectivity index (χ3v) is 20.0. The molecule has 0 aliphatic rings. The van der Waals surface area contributed by atoms with Crippen LogP contribution < -0.4 is 0 Å². The summed E-state index contributed by atoms with van der Waals surface area (Å²) in [6.45, 7) is 9.55. The van der Waals surface area contributed by atoms with E-state index in [4.69, 9.17) is 37.0 Å². The Balaban J connectivity index is 5.04. The number of ether oxygens (including phenoxy) is 4. The maximum absolute atomic E-state index is 13.1. The molecule has 95 heavy (non-hydrogen) atoms. The number of aliphatic hydroxyl groups excluding tert-OH is 1. The molecule has 17 nitrogen and oxygen atoms in total. The van der Waals surface area contributed by atoms with Crippen LogP contribution in [0.15, 0.2) is 0 Å². The third-order valence-electron chi connectivity index (χ3n) is 18.1. The Morgan fingerprint density at radius 1 is 0.305 bits per heavy atom. The van der Waals surface area contributed by atoms with Gasteiger partial charge in [-0.15, -0.1) is 0 Å². The molecule has 0 aliphatic heterocycles. The number of rotatable bonds is 75. The molecule has 0 aromatic rings. The van der Waals surface area contributed by atoms with Gasteiger partial charge in [-0.3, -0.25) is 37.3 Å². The standard InChI is InChI=1S/C76H148O17P2/c1-7-10-12-14-39-48-54-60-75(80)92-71(64-86-73(78)58-52-44-13-11-8-2)66-90-94(82,83)88-62-70(77)63-89-95(84,85)91-67-72(65-87-74(79)59-53-47-42-37-33-29-25-21-17-15-19-23-27-31-35-40-45-50-56-68(4)5)93-76(81)61-55-49-43-38-34-30-26-22-18-16-20-24-28-32-36-41-46-51-57-69(6)9-3/h68-72,77H,7-67H2,1-6H3,(H,82,83)(H,84,85)/t69?,70-,71+,72+/m0/s1. The Labute approximate surface area is 581 Å². The number of phosphoric acid groups is 2. The maximum Gasteiger partial charge on any atom is 0.472 e. The van der Waals surface area contributed by atoms with Crippen molar-refractivity contribution in [1.82, 2.24) is 0 Å². The fourth-order valence-electron chi connectivity index (χ4n) is 11.6. The largest absolute Gasteiger partial charge is 0.472 e. The first-order valence-corrected chi connectivity index (χ1v) is 42.5. The normalized spacial score (nSPS) is 14.3. The maximum atomic E-state index is 13.1. The number of carbonyl (C=O) groups excluding carboxylic acids is 4. The molecule has 0 amide bonds. The van der Waals surface area contributed by atoms with Crippen LogP contribution in [0.2, 0.25) is 0 Å². The first-order valence-electron chi connectivity index (χ1n) is 39.5. The summed E-state index contributed by atoms with van der Waals surface area (Å²) in [6.07, 6.45) is 56.3. The van der Waals surface area contributed by atoms with Gasteiger partial charge in [0, 0.05) is 25.7 Å². The van der Waals surface area contributed by atoms with E-state index in [1.165, 1.54) is 193 Å². The van der Waals surface area contributed by atoms with Gasteiger partial charge < -0.3 is 33.8 Å². The number of hydrogen-bond donors (Lipinski definition) is 3. The number of hydrogen-bond acceptors (Lipinski definition) is 15. The SMILES string of the molecule is CCCCCCCCCC(=O)O[C@H](COC(=O)CCCCCCC)COP(=O)(O)OC[C@H](O)COP(=O)(O)OC[C@@H](COC(=O)CCCCCCCCCCCCCCCCCCCCC(C)C)OC(=O)CCCCCCCCCCCCCCCCCCCCC(C)CC. The summed E-state index contributed by atoms with van der Waals surface area (Å²) in [7, 11) is -9.89. The van der Waals surface area contributed by atoms with Gasteiger partial charge in [0.15, 0.2) is 12.2 Å². The van der Waals surface area contributed by atoms with Crippen molar-refractivity contribution in [3.05, 3.63) is 0 Å². The molecule has 6 atom stereocenters.